The predicted molar refractivity (Wildman–Crippen MR) is 95.9 cm³/mol. The monoisotopic (exact) mass is 353 g/mol. The minimum atomic E-state index is -0.0159. The molecular weight excluding hydrogens is 326 g/mol. The summed E-state index contributed by atoms with van der Waals surface area (Å²) in [6.45, 7) is 0.797. The number of phenolic OH excluding ortho intramolecular Hbond substituents is 2. The van der Waals surface area contributed by atoms with E-state index in [9.17, 15) is 10.2 Å². The van der Waals surface area contributed by atoms with Crippen LogP contribution < -0.4 is 5.32 Å². The lowest BCUT2D eigenvalue weighted by molar-refractivity contribution is -0.0627. The second-order valence-electron chi connectivity index (χ2n) is 7.45. The summed E-state index contributed by atoms with van der Waals surface area (Å²) in [6.07, 6.45) is 9.74. The van der Waals surface area contributed by atoms with E-state index < -0.39 is 0 Å². The molecule has 1 heterocycles. The zero-order chi connectivity index (χ0) is 15.8. The van der Waals surface area contributed by atoms with Crippen molar-refractivity contribution in [3.05, 3.63) is 23.3 Å². The average molecular weight is 354 g/mol. The lowest BCUT2D eigenvalue weighted by Gasteiger charge is -2.38. The molecular formula is C19H28ClNO3. The van der Waals surface area contributed by atoms with Gasteiger partial charge in [0.2, 0.25) is 0 Å². The van der Waals surface area contributed by atoms with Crippen LogP contribution in [0, 0.1) is 5.92 Å². The highest BCUT2D eigenvalue weighted by atomic mass is 35.5. The molecule has 2 fully saturated rings. The third kappa shape index (κ3) is 3.66. The van der Waals surface area contributed by atoms with E-state index in [0.717, 1.165) is 24.1 Å². The third-order valence-corrected chi connectivity index (χ3v) is 5.73. The van der Waals surface area contributed by atoms with Gasteiger partial charge in [-0.25, -0.2) is 0 Å². The number of ether oxygens (including phenoxy) is 1. The lowest BCUT2D eigenvalue weighted by Crippen LogP contribution is -2.37. The van der Waals surface area contributed by atoms with Crippen molar-refractivity contribution in [3.8, 4) is 11.5 Å². The summed E-state index contributed by atoms with van der Waals surface area (Å²) in [7, 11) is 0. The van der Waals surface area contributed by atoms with E-state index in [4.69, 9.17) is 4.74 Å². The van der Waals surface area contributed by atoms with E-state index in [1.165, 1.54) is 44.9 Å². The number of aromatic hydroxyl groups is 2. The van der Waals surface area contributed by atoms with Gasteiger partial charge in [0.25, 0.3) is 0 Å². The SMILES string of the molecule is Cl.Oc1ccc2c(c1O)CC(C1CCCCC1)OC2CNC1CC1. The molecule has 134 valence electrons. The number of nitrogens with one attached hydrogen (secondary N) is 1. The first kappa shape index (κ1) is 17.8. The first-order valence-corrected chi connectivity index (χ1v) is 9.15. The molecule has 0 spiro atoms. The van der Waals surface area contributed by atoms with Crippen LogP contribution >= 0.6 is 12.4 Å². The molecule has 0 amide bonds. The Labute approximate surface area is 150 Å². The van der Waals surface area contributed by atoms with Gasteiger partial charge in [-0.1, -0.05) is 25.3 Å². The van der Waals surface area contributed by atoms with Gasteiger partial charge < -0.3 is 20.3 Å². The Hall–Kier alpha value is -0.970. The molecule has 1 aromatic rings. The number of phenols is 2. The van der Waals surface area contributed by atoms with Gasteiger partial charge in [0.1, 0.15) is 0 Å². The van der Waals surface area contributed by atoms with Gasteiger partial charge in [-0.05, 0) is 43.2 Å². The summed E-state index contributed by atoms with van der Waals surface area (Å²) in [4.78, 5) is 0. The Morgan fingerprint density at radius 1 is 1.04 bits per heavy atom. The average Bonchev–Trinajstić information content (AvgIpc) is 3.41. The second kappa shape index (κ2) is 7.51. The van der Waals surface area contributed by atoms with Gasteiger partial charge in [-0.15, -0.1) is 12.4 Å². The molecule has 2 aliphatic carbocycles. The van der Waals surface area contributed by atoms with Gasteiger partial charge in [0.15, 0.2) is 11.5 Å². The van der Waals surface area contributed by atoms with Crippen molar-refractivity contribution in [1.29, 1.82) is 0 Å². The molecule has 1 aromatic carbocycles. The molecule has 5 heteroatoms. The van der Waals surface area contributed by atoms with Crippen molar-refractivity contribution in [3.63, 3.8) is 0 Å². The molecule has 24 heavy (non-hydrogen) atoms. The molecule has 3 aliphatic rings. The largest absolute Gasteiger partial charge is 0.504 e. The Bertz CT molecular complexity index is 570. The number of benzene rings is 1. The maximum absolute atomic E-state index is 10.3. The molecule has 2 saturated carbocycles. The summed E-state index contributed by atoms with van der Waals surface area (Å²) in [5, 5.41) is 23.8. The molecule has 0 aromatic heterocycles. The van der Waals surface area contributed by atoms with Gasteiger partial charge in [-0.3, -0.25) is 0 Å². The minimum Gasteiger partial charge on any atom is -0.504 e. The Morgan fingerprint density at radius 2 is 1.79 bits per heavy atom. The van der Waals surface area contributed by atoms with Crippen LogP contribution in [0.15, 0.2) is 12.1 Å². The van der Waals surface area contributed by atoms with Crippen molar-refractivity contribution in [2.75, 3.05) is 6.54 Å². The highest BCUT2D eigenvalue weighted by Crippen LogP contribution is 2.43. The summed E-state index contributed by atoms with van der Waals surface area (Å²) < 4.78 is 6.47. The van der Waals surface area contributed by atoms with Crippen molar-refractivity contribution in [1.82, 2.24) is 5.32 Å². The van der Waals surface area contributed by atoms with Crippen molar-refractivity contribution >= 4 is 12.4 Å². The number of hydrogen-bond acceptors (Lipinski definition) is 4. The Kier molecular flexibility index (Phi) is 5.58. The molecule has 0 saturated heterocycles. The van der Waals surface area contributed by atoms with E-state index >= 15 is 0 Å². The summed E-state index contributed by atoms with van der Waals surface area (Å²) in [5.41, 5.74) is 1.94. The van der Waals surface area contributed by atoms with Crippen LogP contribution in [0.2, 0.25) is 0 Å². The van der Waals surface area contributed by atoms with E-state index in [-0.39, 0.29) is 36.1 Å². The normalized spacial score (nSPS) is 27.3. The molecule has 0 bridgehead atoms. The molecule has 1 aliphatic heterocycles. The summed E-state index contributed by atoms with van der Waals surface area (Å²) in [5.74, 6) is 0.632. The van der Waals surface area contributed by atoms with Crippen molar-refractivity contribution in [2.24, 2.45) is 5.92 Å². The van der Waals surface area contributed by atoms with Crippen LogP contribution in [0.4, 0.5) is 0 Å². The summed E-state index contributed by atoms with van der Waals surface area (Å²) in [6, 6.07) is 4.14. The standard InChI is InChI=1S/C19H27NO3.ClH/c21-16-9-8-14-15(19(16)22)10-17(12-4-2-1-3-5-12)23-18(14)11-20-13-6-7-13;/h8-9,12-13,17-18,20-22H,1-7,10-11H2;1H. The van der Waals surface area contributed by atoms with Crippen LogP contribution in [-0.4, -0.2) is 28.9 Å². The fourth-order valence-corrected chi connectivity index (χ4v) is 4.19. The topological polar surface area (TPSA) is 61.7 Å². The maximum Gasteiger partial charge on any atom is 0.161 e. The number of hydrogen-bond donors (Lipinski definition) is 3. The first-order valence-electron chi connectivity index (χ1n) is 9.15. The van der Waals surface area contributed by atoms with Crippen LogP contribution in [-0.2, 0) is 11.2 Å². The quantitative estimate of drug-likeness (QED) is 0.720. The Morgan fingerprint density at radius 3 is 2.50 bits per heavy atom. The van der Waals surface area contributed by atoms with E-state index in [2.05, 4.69) is 5.32 Å². The highest BCUT2D eigenvalue weighted by Gasteiger charge is 2.35. The van der Waals surface area contributed by atoms with Gasteiger partial charge >= 0.3 is 0 Å². The summed E-state index contributed by atoms with van der Waals surface area (Å²) >= 11 is 0. The zero-order valence-corrected chi connectivity index (χ0v) is 14.9. The molecule has 3 N–H and O–H groups in total. The minimum absolute atomic E-state index is 0. The molecule has 4 nitrogen and oxygen atoms in total. The van der Waals surface area contributed by atoms with Gasteiger partial charge in [0, 0.05) is 24.6 Å². The molecule has 2 atom stereocenters. The fraction of sp³-hybridized carbons (Fsp3) is 0.684. The molecule has 2 unspecified atom stereocenters. The first-order chi connectivity index (χ1) is 11.2. The van der Waals surface area contributed by atoms with Gasteiger partial charge in [-0.2, -0.15) is 0 Å². The highest BCUT2D eigenvalue weighted by molar-refractivity contribution is 5.85. The van der Waals surface area contributed by atoms with Gasteiger partial charge in [0.05, 0.1) is 12.2 Å². The lowest BCUT2D eigenvalue weighted by atomic mass is 9.80. The maximum atomic E-state index is 10.3. The van der Waals surface area contributed by atoms with Crippen LogP contribution in [0.3, 0.4) is 0 Å². The molecule has 4 rings (SSSR count). The van der Waals surface area contributed by atoms with Crippen LogP contribution in [0.25, 0.3) is 0 Å². The van der Waals surface area contributed by atoms with Crippen LogP contribution in [0.1, 0.15) is 62.2 Å². The number of halogens is 1. The van der Waals surface area contributed by atoms with E-state index in [1.54, 1.807) is 6.07 Å². The zero-order valence-electron chi connectivity index (χ0n) is 14.0. The van der Waals surface area contributed by atoms with Crippen molar-refractivity contribution < 1.29 is 14.9 Å². The predicted octanol–water partition coefficient (Wildman–Crippen LogP) is 3.83. The fourth-order valence-electron chi connectivity index (χ4n) is 4.19. The van der Waals surface area contributed by atoms with E-state index in [1.807, 2.05) is 6.07 Å². The second-order valence-corrected chi connectivity index (χ2v) is 7.45. The third-order valence-electron chi connectivity index (χ3n) is 5.73. The number of fused-ring (bicyclic) bond motifs is 1. The Balaban J connectivity index is 0.00000169. The van der Waals surface area contributed by atoms with E-state index in [0.29, 0.717) is 12.0 Å². The van der Waals surface area contributed by atoms with Crippen molar-refractivity contribution in [2.45, 2.75) is 69.6 Å². The number of rotatable bonds is 4. The smallest absolute Gasteiger partial charge is 0.161 e. The molecule has 0 radical (unpaired) electrons. The van der Waals surface area contributed by atoms with Crippen LogP contribution in [0.5, 0.6) is 11.5 Å².